The number of aromatic nitrogens is 2. The van der Waals surface area contributed by atoms with Crippen molar-refractivity contribution >= 4 is 10.0 Å². The van der Waals surface area contributed by atoms with E-state index in [0.29, 0.717) is 13.1 Å². The van der Waals surface area contributed by atoms with E-state index in [9.17, 15) is 8.42 Å². The zero-order valence-corrected chi connectivity index (χ0v) is 10.6. The maximum absolute atomic E-state index is 11.2. The van der Waals surface area contributed by atoms with E-state index in [2.05, 4.69) is 16.6 Å². The fourth-order valence-electron chi connectivity index (χ4n) is 1.42. The zero-order valence-electron chi connectivity index (χ0n) is 9.81. The number of nitrogens with one attached hydrogen (secondary N) is 1. The first-order valence-corrected chi connectivity index (χ1v) is 7.21. The molecule has 0 aliphatic carbocycles. The summed E-state index contributed by atoms with van der Waals surface area (Å²) in [4.78, 5) is 4.23. The second-order valence-electron chi connectivity index (χ2n) is 3.58. The van der Waals surface area contributed by atoms with Crippen LogP contribution in [0.5, 0.6) is 0 Å². The molecule has 92 valence electrons. The first kappa shape index (κ1) is 13.2. The first-order valence-electron chi connectivity index (χ1n) is 5.56. The van der Waals surface area contributed by atoms with Crippen LogP contribution >= 0.6 is 0 Å². The number of nitrogens with zero attached hydrogens (tertiary/aromatic N) is 2. The van der Waals surface area contributed by atoms with Crippen LogP contribution in [0.2, 0.25) is 0 Å². The van der Waals surface area contributed by atoms with Gasteiger partial charge in [-0.3, -0.25) is 0 Å². The lowest BCUT2D eigenvalue weighted by molar-refractivity contribution is 0.569. The molecule has 16 heavy (non-hydrogen) atoms. The molecule has 1 heterocycles. The molecule has 1 aromatic rings. The van der Waals surface area contributed by atoms with Crippen molar-refractivity contribution in [1.82, 2.24) is 14.3 Å². The number of hydrogen-bond donors (Lipinski definition) is 1. The van der Waals surface area contributed by atoms with Crippen LogP contribution in [0.25, 0.3) is 0 Å². The zero-order chi connectivity index (χ0) is 12.0. The molecular weight excluding hydrogens is 226 g/mol. The van der Waals surface area contributed by atoms with Gasteiger partial charge in [-0.2, -0.15) is 0 Å². The molecule has 0 unspecified atom stereocenters. The van der Waals surface area contributed by atoms with E-state index >= 15 is 0 Å². The average molecular weight is 245 g/mol. The van der Waals surface area contributed by atoms with Gasteiger partial charge in [0, 0.05) is 31.9 Å². The van der Waals surface area contributed by atoms with E-state index in [1.807, 2.05) is 10.8 Å². The van der Waals surface area contributed by atoms with E-state index in [1.54, 1.807) is 13.1 Å². The number of hydrogen-bond acceptors (Lipinski definition) is 3. The number of aryl methyl sites for hydroxylation is 1. The van der Waals surface area contributed by atoms with Crippen LogP contribution in [-0.4, -0.2) is 30.3 Å². The predicted molar refractivity (Wildman–Crippen MR) is 63.7 cm³/mol. The highest BCUT2D eigenvalue weighted by Gasteiger charge is 2.06. The lowest BCUT2D eigenvalue weighted by Gasteiger charge is -2.08. The van der Waals surface area contributed by atoms with Crippen LogP contribution < -0.4 is 4.72 Å². The topological polar surface area (TPSA) is 64.0 Å². The Morgan fingerprint density at radius 2 is 2.19 bits per heavy atom. The highest BCUT2D eigenvalue weighted by atomic mass is 32.2. The summed E-state index contributed by atoms with van der Waals surface area (Å²) in [6.07, 6.45) is 5.59. The van der Waals surface area contributed by atoms with Gasteiger partial charge in [0.1, 0.15) is 5.82 Å². The van der Waals surface area contributed by atoms with Gasteiger partial charge in [-0.25, -0.2) is 18.1 Å². The van der Waals surface area contributed by atoms with Crippen LogP contribution in [0.3, 0.4) is 0 Å². The monoisotopic (exact) mass is 245 g/mol. The fourth-order valence-corrected chi connectivity index (χ4v) is 2.03. The molecule has 1 aromatic heterocycles. The van der Waals surface area contributed by atoms with Gasteiger partial charge >= 0.3 is 0 Å². The van der Waals surface area contributed by atoms with Gasteiger partial charge in [-0.15, -0.1) is 0 Å². The van der Waals surface area contributed by atoms with Crippen molar-refractivity contribution in [3.05, 3.63) is 18.2 Å². The molecule has 0 saturated carbocycles. The summed E-state index contributed by atoms with van der Waals surface area (Å²) < 4.78 is 26.9. The van der Waals surface area contributed by atoms with Crippen molar-refractivity contribution in [2.75, 3.05) is 12.3 Å². The fraction of sp³-hybridized carbons (Fsp3) is 0.700. The smallest absolute Gasteiger partial charge is 0.211 e. The lowest BCUT2D eigenvalue weighted by atomic mass is 10.3. The van der Waals surface area contributed by atoms with Crippen LogP contribution in [0.1, 0.15) is 26.1 Å². The minimum atomic E-state index is -3.08. The molecule has 5 nitrogen and oxygen atoms in total. The van der Waals surface area contributed by atoms with Crippen molar-refractivity contribution in [3.8, 4) is 0 Å². The van der Waals surface area contributed by atoms with Gasteiger partial charge in [-0.05, 0) is 13.3 Å². The molecule has 0 amide bonds. The predicted octanol–water partition coefficient (Wildman–Crippen LogP) is 0.775. The minimum absolute atomic E-state index is 0.124. The Labute approximate surface area is 96.9 Å². The highest BCUT2D eigenvalue weighted by Crippen LogP contribution is 2.00. The van der Waals surface area contributed by atoms with Gasteiger partial charge in [0.15, 0.2) is 0 Å². The molecule has 0 atom stereocenters. The molecule has 0 bridgehead atoms. The summed E-state index contributed by atoms with van der Waals surface area (Å²) >= 11 is 0. The molecule has 1 rings (SSSR count). The molecule has 0 spiro atoms. The summed E-state index contributed by atoms with van der Waals surface area (Å²) in [6, 6.07) is 0. The number of imidazole rings is 1. The summed E-state index contributed by atoms with van der Waals surface area (Å²) in [5, 5.41) is 0. The summed E-state index contributed by atoms with van der Waals surface area (Å²) in [5.41, 5.74) is 0. The van der Waals surface area contributed by atoms with E-state index < -0.39 is 10.0 Å². The van der Waals surface area contributed by atoms with E-state index in [0.717, 1.165) is 18.7 Å². The minimum Gasteiger partial charge on any atom is -0.334 e. The third-order valence-electron chi connectivity index (χ3n) is 2.33. The number of sulfonamides is 1. The van der Waals surface area contributed by atoms with Gasteiger partial charge in [0.2, 0.25) is 10.0 Å². The Morgan fingerprint density at radius 3 is 2.81 bits per heavy atom. The van der Waals surface area contributed by atoms with Crippen molar-refractivity contribution < 1.29 is 8.42 Å². The second-order valence-corrected chi connectivity index (χ2v) is 5.68. The Kier molecular flexibility index (Phi) is 4.95. The number of rotatable bonds is 7. The maximum atomic E-state index is 11.2. The van der Waals surface area contributed by atoms with Gasteiger partial charge in [0.25, 0.3) is 0 Å². The summed E-state index contributed by atoms with van der Waals surface area (Å²) in [6.45, 7) is 4.78. The molecule has 0 radical (unpaired) electrons. The van der Waals surface area contributed by atoms with E-state index in [4.69, 9.17) is 0 Å². The van der Waals surface area contributed by atoms with E-state index in [-0.39, 0.29) is 5.75 Å². The molecule has 0 fully saturated rings. The second kappa shape index (κ2) is 6.00. The molecule has 1 N–H and O–H groups in total. The largest absolute Gasteiger partial charge is 0.334 e. The van der Waals surface area contributed by atoms with Crippen LogP contribution in [0.15, 0.2) is 12.4 Å². The van der Waals surface area contributed by atoms with Crippen LogP contribution in [0.4, 0.5) is 0 Å². The molecule has 6 heteroatoms. The normalized spacial score (nSPS) is 11.9. The Morgan fingerprint density at radius 1 is 1.44 bits per heavy atom. The Hall–Kier alpha value is -0.880. The molecule has 0 aliphatic heterocycles. The van der Waals surface area contributed by atoms with Crippen molar-refractivity contribution in [3.63, 3.8) is 0 Å². The summed E-state index contributed by atoms with van der Waals surface area (Å²) in [7, 11) is -3.08. The third-order valence-corrected chi connectivity index (χ3v) is 3.73. The summed E-state index contributed by atoms with van der Waals surface area (Å²) in [5.74, 6) is 1.14. The average Bonchev–Trinajstić information content (AvgIpc) is 2.66. The standard InChI is InChI=1S/C10H19N3O2S/c1-3-5-10-11-6-8-13(10)9-7-12-16(14,15)4-2/h6,8,12H,3-5,7,9H2,1-2H3. The van der Waals surface area contributed by atoms with Gasteiger partial charge in [0.05, 0.1) is 5.75 Å². The Bertz CT molecular complexity index is 411. The third kappa shape index (κ3) is 3.94. The van der Waals surface area contributed by atoms with Crippen LogP contribution in [-0.2, 0) is 23.0 Å². The van der Waals surface area contributed by atoms with Crippen molar-refractivity contribution in [1.29, 1.82) is 0 Å². The molecule has 0 saturated heterocycles. The maximum Gasteiger partial charge on any atom is 0.211 e. The molecular formula is C10H19N3O2S. The Balaban J connectivity index is 2.46. The van der Waals surface area contributed by atoms with Crippen molar-refractivity contribution in [2.45, 2.75) is 33.2 Å². The van der Waals surface area contributed by atoms with Crippen LogP contribution in [0, 0.1) is 0 Å². The first-order chi connectivity index (χ1) is 7.59. The SMILES string of the molecule is CCCc1nccn1CCNS(=O)(=O)CC. The molecule has 0 aromatic carbocycles. The quantitative estimate of drug-likeness (QED) is 0.772. The van der Waals surface area contributed by atoms with Gasteiger partial charge < -0.3 is 4.57 Å². The van der Waals surface area contributed by atoms with E-state index in [1.165, 1.54) is 0 Å². The van der Waals surface area contributed by atoms with Crippen molar-refractivity contribution in [2.24, 2.45) is 0 Å². The molecule has 0 aliphatic rings. The highest BCUT2D eigenvalue weighted by molar-refractivity contribution is 7.89. The van der Waals surface area contributed by atoms with Gasteiger partial charge in [-0.1, -0.05) is 6.92 Å². The lowest BCUT2D eigenvalue weighted by Crippen LogP contribution is -2.28.